The van der Waals surface area contributed by atoms with Gasteiger partial charge in [-0.2, -0.15) is 4.31 Å². The highest BCUT2D eigenvalue weighted by molar-refractivity contribution is 7.89. The molecule has 0 fully saturated rings. The fourth-order valence-electron chi connectivity index (χ4n) is 2.97. The van der Waals surface area contributed by atoms with E-state index in [1.807, 2.05) is 52.0 Å². The number of aryl methyl sites for hydroxylation is 2. The molecule has 0 bridgehead atoms. The van der Waals surface area contributed by atoms with E-state index in [1.165, 1.54) is 4.31 Å². The maximum Gasteiger partial charge on any atom is 0.243 e. The highest BCUT2D eigenvalue weighted by Gasteiger charge is 2.27. The van der Waals surface area contributed by atoms with Gasteiger partial charge in [-0.05, 0) is 44.9 Å². The Bertz CT molecular complexity index is 875. The number of sulfonamides is 1. The number of hydrogen-bond acceptors (Lipinski definition) is 3. The molecular weight excluding hydrogens is 372 g/mol. The van der Waals surface area contributed by atoms with Crippen LogP contribution in [0.25, 0.3) is 0 Å². The molecule has 2 rings (SSSR count). The van der Waals surface area contributed by atoms with Crippen LogP contribution in [-0.4, -0.2) is 31.2 Å². The van der Waals surface area contributed by atoms with E-state index in [0.29, 0.717) is 0 Å². The number of carbonyl (C=O) groups is 1. The van der Waals surface area contributed by atoms with Gasteiger partial charge in [-0.3, -0.25) is 4.79 Å². The summed E-state index contributed by atoms with van der Waals surface area (Å²) in [5, 5.41) is 2.89. The van der Waals surface area contributed by atoms with E-state index >= 15 is 0 Å². The Morgan fingerprint density at radius 1 is 1.00 bits per heavy atom. The van der Waals surface area contributed by atoms with Crippen molar-refractivity contribution in [2.75, 3.05) is 6.54 Å². The maximum atomic E-state index is 13.2. The van der Waals surface area contributed by atoms with Gasteiger partial charge in [0.05, 0.1) is 11.4 Å². The molecule has 1 atom stereocenters. The molecule has 1 amide bonds. The van der Waals surface area contributed by atoms with Crippen LogP contribution < -0.4 is 5.32 Å². The Morgan fingerprint density at radius 2 is 1.54 bits per heavy atom. The van der Waals surface area contributed by atoms with Crippen LogP contribution in [0.3, 0.4) is 0 Å². The van der Waals surface area contributed by atoms with Crippen LogP contribution in [0.2, 0.25) is 0 Å². The Hall–Kier alpha value is -2.18. The number of amides is 1. The number of rotatable bonds is 9. The average Bonchev–Trinajstić information content (AvgIpc) is 2.63. The first kappa shape index (κ1) is 22.1. The molecule has 0 unspecified atom stereocenters. The molecule has 6 heteroatoms. The second-order valence-electron chi connectivity index (χ2n) is 7.33. The summed E-state index contributed by atoms with van der Waals surface area (Å²) in [4.78, 5) is 12.7. The van der Waals surface area contributed by atoms with E-state index in [2.05, 4.69) is 5.32 Å². The minimum atomic E-state index is -3.80. The van der Waals surface area contributed by atoms with Crippen LogP contribution in [0.1, 0.15) is 43.4 Å². The van der Waals surface area contributed by atoms with Crippen LogP contribution in [0.15, 0.2) is 53.4 Å². The minimum absolute atomic E-state index is 0.0146. The van der Waals surface area contributed by atoms with E-state index in [9.17, 15) is 13.2 Å². The van der Waals surface area contributed by atoms with Crippen molar-refractivity contribution in [1.82, 2.24) is 9.62 Å². The van der Waals surface area contributed by atoms with Crippen LogP contribution in [-0.2, 0) is 21.4 Å². The van der Waals surface area contributed by atoms with Crippen molar-refractivity contribution < 1.29 is 13.2 Å². The fourth-order valence-corrected chi connectivity index (χ4v) is 4.35. The van der Waals surface area contributed by atoms with Gasteiger partial charge in [-0.25, -0.2) is 8.42 Å². The summed E-state index contributed by atoms with van der Waals surface area (Å²) >= 11 is 0. The minimum Gasteiger partial charge on any atom is -0.353 e. The van der Waals surface area contributed by atoms with Gasteiger partial charge < -0.3 is 5.32 Å². The predicted octanol–water partition coefficient (Wildman–Crippen LogP) is 3.80. The third kappa shape index (κ3) is 6.17. The molecular formula is C22H30N2O3S. The van der Waals surface area contributed by atoms with Gasteiger partial charge in [0.2, 0.25) is 15.9 Å². The normalized spacial score (nSPS) is 12.8. The zero-order chi connectivity index (χ0) is 20.7. The number of nitrogens with one attached hydrogen (secondary N) is 1. The van der Waals surface area contributed by atoms with E-state index in [4.69, 9.17) is 0 Å². The predicted molar refractivity (Wildman–Crippen MR) is 112 cm³/mol. The summed E-state index contributed by atoms with van der Waals surface area (Å²) in [6, 6.07) is 14.4. The van der Waals surface area contributed by atoms with Gasteiger partial charge in [0.1, 0.15) is 0 Å². The second kappa shape index (κ2) is 9.85. The first-order valence-corrected chi connectivity index (χ1v) is 11.1. The molecule has 28 heavy (non-hydrogen) atoms. The van der Waals surface area contributed by atoms with Gasteiger partial charge in [-0.1, -0.05) is 60.9 Å². The largest absolute Gasteiger partial charge is 0.353 e. The Labute approximate surface area is 168 Å². The first-order valence-electron chi connectivity index (χ1n) is 9.64. The third-order valence-electron chi connectivity index (χ3n) is 4.59. The van der Waals surface area contributed by atoms with Gasteiger partial charge in [0.15, 0.2) is 0 Å². The molecule has 0 aliphatic carbocycles. The van der Waals surface area contributed by atoms with Crippen molar-refractivity contribution in [1.29, 1.82) is 0 Å². The SMILES string of the molecule is CCC[C@H](C)NC(=O)CN(Cc1ccc(C)cc1)S(=O)(=O)c1ccc(C)cc1. The van der Waals surface area contributed by atoms with Crippen LogP contribution in [0.5, 0.6) is 0 Å². The molecule has 1 N–H and O–H groups in total. The lowest BCUT2D eigenvalue weighted by Gasteiger charge is -2.23. The summed E-state index contributed by atoms with van der Waals surface area (Å²) in [7, 11) is -3.80. The molecule has 152 valence electrons. The summed E-state index contributed by atoms with van der Waals surface area (Å²) in [6.07, 6.45) is 1.81. The van der Waals surface area contributed by atoms with Crippen molar-refractivity contribution in [3.05, 3.63) is 65.2 Å². The molecule has 0 aliphatic rings. The smallest absolute Gasteiger partial charge is 0.243 e. The average molecular weight is 403 g/mol. The van der Waals surface area contributed by atoms with Gasteiger partial charge in [-0.15, -0.1) is 0 Å². The second-order valence-corrected chi connectivity index (χ2v) is 9.27. The monoisotopic (exact) mass is 402 g/mol. The Balaban J connectivity index is 2.27. The van der Waals surface area contributed by atoms with Crippen molar-refractivity contribution in [2.45, 2.75) is 58.0 Å². The quantitative estimate of drug-likeness (QED) is 0.694. The van der Waals surface area contributed by atoms with Crippen molar-refractivity contribution in [3.63, 3.8) is 0 Å². The lowest BCUT2D eigenvalue weighted by atomic mass is 10.1. The van der Waals surface area contributed by atoms with Crippen LogP contribution >= 0.6 is 0 Å². The van der Waals surface area contributed by atoms with Crippen molar-refractivity contribution in [3.8, 4) is 0 Å². The molecule has 5 nitrogen and oxygen atoms in total. The summed E-state index contributed by atoms with van der Waals surface area (Å²) < 4.78 is 27.7. The highest BCUT2D eigenvalue weighted by Crippen LogP contribution is 2.19. The molecule has 0 saturated heterocycles. The van der Waals surface area contributed by atoms with Crippen LogP contribution in [0, 0.1) is 13.8 Å². The fraction of sp³-hybridized carbons (Fsp3) is 0.409. The number of hydrogen-bond donors (Lipinski definition) is 1. The van der Waals surface area contributed by atoms with E-state index in [-0.39, 0.29) is 29.9 Å². The van der Waals surface area contributed by atoms with Gasteiger partial charge >= 0.3 is 0 Å². The molecule has 2 aromatic rings. The third-order valence-corrected chi connectivity index (χ3v) is 6.39. The Morgan fingerprint density at radius 3 is 2.07 bits per heavy atom. The maximum absolute atomic E-state index is 13.2. The molecule has 0 heterocycles. The van der Waals surface area contributed by atoms with Crippen LogP contribution in [0.4, 0.5) is 0 Å². The lowest BCUT2D eigenvalue weighted by molar-refractivity contribution is -0.122. The summed E-state index contributed by atoms with van der Waals surface area (Å²) in [5.74, 6) is -0.288. The van der Waals surface area contributed by atoms with Gasteiger partial charge in [0, 0.05) is 12.6 Å². The molecule has 0 saturated carbocycles. The van der Waals surface area contributed by atoms with Crippen molar-refractivity contribution >= 4 is 15.9 Å². The summed E-state index contributed by atoms with van der Waals surface area (Å²) in [6.45, 7) is 7.80. The lowest BCUT2D eigenvalue weighted by Crippen LogP contribution is -2.43. The highest BCUT2D eigenvalue weighted by atomic mass is 32.2. The zero-order valence-corrected chi connectivity index (χ0v) is 17.9. The Kier molecular flexibility index (Phi) is 7.78. The van der Waals surface area contributed by atoms with E-state index < -0.39 is 10.0 Å². The van der Waals surface area contributed by atoms with Crippen molar-refractivity contribution in [2.24, 2.45) is 0 Å². The summed E-state index contributed by atoms with van der Waals surface area (Å²) in [5.41, 5.74) is 2.92. The van der Waals surface area contributed by atoms with E-state index in [0.717, 1.165) is 29.5 Å². The topological polar surface area (TPSA) is 66.5 Å². The molecule has 0 spiro atoms. The number of carbonyl (C=O) groups excluding carboxylic acids is 1. The standard InChI is InChI=1S/C22H30N2O3S/c1-5-6-19(4)23-22(25)16-24(15-20-11-7-17(2)8-12-20)28(26,27)21-13-9-18(3)10-14-21/h7-14,19H,5-6,15-16H2,1-4H3,(H,23,25)/t19-/m0/s1. The number of benzene rings is 2. The molecule has 0 aromatic heterocycles. The number of nitrogens with zero attached hydrogens (tertiary/aromatic N) is 1. The molecule has 0 radical (unpaired) electrons. The zero-order valence-electron chi connectivity index (χ0n) is 17.1. The van der Waals surface area contributed by atoms with Gasteiger partial charge in [0.25, 0.3) is 0 Å². The van der Waals surface area contributed by atoms with E-state index in [1.54, 1.807) is 24.3 Å². The molecule has 0 aliphatic heterocycles. The molecule has 2 aromatic carbocycles. The first-order chi connectivity index (χ1) is 13.2.